The largest absolute Gasteiger partial charge is 0.443 e. The molecule has 1 amide bonds. The van der Waals surface area contributed by atoms with Gasteiger partial charge in [-0.1, -0.05) is 60.2 Å². The average molecular weight is 445 g/mol. The zero-order valence-corrected chi connectivity index (χ0v) is 19.6. The molecule has 0 bridgehead atoms. The lowest BCUT2D eigenvalue weighted by molar-refractivity contribution is 0.0412. The number of allylic oxidation sites excluding steroid dienone is 1. The van der Waals surface area contributed by atoms with Gasteiger partial charge in [0.15, 0.2) is 0 Å². The number of hydrogen-bond donors (Lipinski definition) is 1. The predicted molar refractivity (Wildman–Crippen MR) is 123 cm³/mol. The van der Waals surface area contributed by atoms with Gasteiger partial charge in [0, 0.05) is 0 Å². The lowest BCUT2D eigenvalue weighted by atomic mass is 10.1. The second-order valence-electron chi connectivity index (χ2n) is 8.42. The number of nitrogens with one attached hydrogen (secondary N) is 1. The Morgan fingerprint density at radius 2 is 1.71 bits per heavy atom. The van der Waals surface area contributed by atoms with Gasteiger partial charge in [0.25, 0.3) is 10.0 Å². The van der Waals surface area contributed by atoms with Gasteiger partial charge in [0.1, 0.15) is 5.60 Å². The SMILES string of the molecule is Cc1ccc(S(=O)(=O)N(NC(=O)OC(C)(C)C)C(C)/C=C/CCc2ccccc2)cc1. The van der Waals surface area contributed by atoms with Crippen molar-refractivity contribution < 1.29 is 17.9 Å². The van der Waals surface area contributed by atoms with E-state index < -0.39 is 27.8 Å². The summed E-state index contributed by atoms with van der Waals surface area (Å²) in [6.45, 7) is 8.75. The quantitative estimate of drug-likeness (QED) is 0.459. The summed E-state index contributed by atoms with van der Waals surface area (Å²) in [7, 11) is -3.99. The van der Waals surface area contributed by atoms with Gasteiger partial charge < -0.3 is 4.74 Å². The van der Waals surface area contributed by atoms with Crippen molar-refractivity contribution >= 4 is 16.1 Å². The molecule has 1 unspecified atom stereocenters. The summed E-state index contributed by atoms with van der Waals surface area (Å²) in [6.07, 6.45) is 4.46. The molecule has 0 aliphatic heterocycles. The molecule has 0 aliphatic rings. The van der Waals surface area contributed by atoms with Gasteiger partial charge in [-0.25, -0.2) is 18.6 Å². The molecule has 1 N–H and O–H groups in total. The molecule has 168 valence electrons. The summed E-state index contributed by atoms with van der Waals surface area (Å²) >= 11 is 0. The maximum atomic E-state index is 13.3. The molecule has 0 aromatic heterocycles. The fourth-order valence-corrected chi connectivity index (χ4v) is 4.27. The molecule has 7 heteroatoms. The third kappa shape index (κ3) is 7.84. The summed E-state index contributed by atoms with van der Waals surface area (Å²) in [5.41, 5.74) is 3.81. The third-order valence-corrected chi connectivity index (χ3v) is 6.21. The first-order valence-corrected chi connectivity index (χ1v) is 11.7. The third-order valence-electron chi connectivity index (χ3n) is 4.41. The van der Waals surface area contributed by atoms with Crippen molar-refractivity contribution in [3.8, 4) is 0 Å². The van der Waals surface area contributed by atoms with Crippen LogP contribution in [-0.2, 0) is 21.2 Å². The second-order valence-corrected chi connectivity index (χ2v) is 10.2. The van der Waals surface area contributed by atoms with Crippen molar-refractivity contribution in [2.75, 3.05) is 0 Å². The highest BCUT2D eigenvalue weighted by molar-refractivity contribution is 7.89. The molecule has 2 aromatic carbocycles. The number of rotatable bonds is 8. The summed E-state index contributed by atoms with van der Waals surface area (Å²) in [5, 5.41) is 0. The minimum atomic E-state index is -3.99. The van der Waals surface area contributed by atoms with Gasteiger partial charge in [-0.05, 0) is 65.2 Å². The van der Waals surface area contributed by atoms with Crippen molar-refractivity contribution in [1.82, 2.24) is 9.84 Å². The first kappa shape index (κ1) is 24.6. The Hall–Kier alpha value is -2.64. The highest BCUT2D eigenvalue weighted by Gasteiger charge is 2.31. The van der Waals surface area contributed by atoms with E-state index in [0.29, 0.717) is 0 Å². The van der Waals surface area contributed by atoms with Gasteiger partial charge in [0.2, 0.25) is 0 Å². The number of ether oxygens (including phenoxy) is 1. The van der Waals surface area contributed by atoms with E-state index in [9.17, 15) is 13.2 Å². The van der Waals surface area contributed by atoms with Crippen molar-refractivity contribution in [2.45, 2.75) is 64.0 Å². The maximum Gasteiger partial charge on any atom is 0.423 e. The zero-order valence-electron chi connectivity index (χ0n) is 18.8. The number of hydrazine groups is 1. The van der Waals surface area contributed by atoms with Crippen LogP contribution < -0.4 is 5.43 Å². The first-order valence-electron chi connectivity index (χ1n) is 10.3. The number of aryl methyl sites for hydroxylation is 2. The number of benzene rings is 2. The van der Waals surface area contributed by atoms with E-state index in [2.05, 4.69) is 17.6 Å². The van der Waals surface area contributed by atoms with E-state index in [1.165, 1.54) is 17.7 Å². The number of amides is 1. The molecular weight excluding hydrogens is 412 g/mol. The van der Waals surface area contributed by atoms with Crippen LogP contribution in [0.1, 0.15) is 45.2 Å². The van der Waals surface area contributed by atoms with Gasteiger partial charge in [-0.2, -0.15) is 0 Å². The Balaban J connectivity index is 2.20. The van der Waals surface area contributed by atoms with Crippen molar-refractivity contribution in [3.05, 3.63) is 77.9 Å². The van der Waals surface area contributed by atoms with Crippen LogP contribution in [0.3, 0.4) is 0 Å². The molecule has 0 fully saturated rings. The highest BCUT2D eigenvalue weighted by atomic mass is 32.2. The number of nitrogens with zero attached hydrogens (tertiary/aromatic N) is 1. The van der Waals surface area contributed by atoms with Crippen LogP contribution in [0.15, 0.2) is 71.6 Å². The Kier molecular flexibility index (Phi) is 8.42. The Morgan fingerprint density at radius 1 is 1.10 bits per heavy atom. The zero-order chi connectivity index (χ0) is 23.1. The molecule has 0 heterocycles. The minimum absolute atomic E-state index is 0.0960. The predicted octanol–water partition coefficient (Wildman–Crippen LogP) is 5.00. The van der Waals surface area contributed by atoms with E-state index in [0.717, 1.165) is 22.8 Å². The van der Waals surface area contributed by atoms with E-state index in [1.54, 1.807) is 45.9 Å². The van der Waals surface area contributed by atoms with Gasteiger partial charge in [-0.3, -0.25) is 0 Å². The number of hydrogen-bond acceptors (Lipinski definition) is 4. The molecule has 31 heavy (non-hydrogen) atoms. The van der Waals surface area contributed by atoms with E-state index in [1.807, 2.05) is 31.2 Å². The first-order chi connectivity index (χ1) is 14.5. The fourth-order valence-electron chi connectivity index (χ4n) is 2.86. The smallest absolute Gasteiger partial charge is 0.423 e. The van der Waals surface area contributed by atoms with Crippen molar-refractivity contribution in [1.29, 1.82) is 0 Å². The summed E-state index contributed by atoms with van der Waals surface area (Å²) < 4.78 is 32.7. The topological polar surface area (TPSA) is 75.7 Å². The van der Waals surface area contributed by atoms with Crippen LogP contribution >= 0.6 is 0 Å². The van der Waals surface area contributed by atoms with E-state index >= 15 is 0 Å². The lowest BCUT2D eigenvalue weighted by Gasteiger charge is -2.28. The second kappa shape index (κ2) is 10.6. The number of carbonyl (C=O) groups excluding carboxylic acids is 1. The van der Waals surface area contributed by atoms with Crippen LogP contribution in [0.4, 0.5) is 4.79 Å². The molecule has 0 radical (unpaired) electrons. The van der Waals surface area contributed by atoms with E-state index in [4.69, 9.17) is 4.74 Å². The van der Waals surface area contributed by atoms with E-state index in [-0.39, 0.29) is 4.90 Å². The standard InChI is InChI=1S/C24H32N2O4S/c1-19-15-17-22(18-16-19)31(28,29)26(25-23(27)30-24(3,4)5)20(2)11-9-10-14-21-12-7-6-8-13-21/h6-9,11-13,15-18,20H,10,14H2,1-5H3,(H,25,27)/b11-9+. The number of sulfonamides is 1. The van der Waals surface area contributed by atoms with Crippen LogP contribution in [0.2, 0.25) is 0 Å². The lowest BCUT2D eigenvalue weighted by Crippen LogP contribution is -2.51. The van der Waals surface area contributed by atoms with Crippen molar-refractivity contribution in [2.24, 2.45) is 0 Å². The van der Waals surface area contributed by atoms with Crippen molar-refractivity contribution in [3.63, 3.8) is 0 Å². The van der Waals surface area contributed by atoms with Gasteiger partial charge >= 0.3 is 6.09 Å². The Labute approximate surface area is 185 Å². The van der Waals surface area contributed by atoms with Crippen LogP contribution in [0.25, 0.3) is 0 Å². The monoisotopic (exact) mass is 444 g/mol. The molecule has 0 spiro atoms. The maximum absolute atomic E-state index is 13.3. The molecule has 2 aromatic rings. The molecule has 1 atom stereocenters. The number of carbonyl (C=O) groups is 1. The molecule has 0 aliphatic carbocycles. The van der Waals surface area contributed by atoms with Crippen LogP contribution in [-0.4, -0.2) is 30.6 Å². The Bertz CT molecular complexity index is 978. The molecule has 6 nitrogen and oxygen atoms in total. The fraction of sp³-hybridized carbons (Fsp3) is 0.375. The molecule has 0 saturated carbocycles. The Morgan fingerprint density at radius 3 is 2.29 bits per heavy atom. The molecule has 0 saturated heterocycles. The van der Waals surface area contributed by atoms with Gasteiger partial charge in [-0.15, -0.1) is 4.41 Å². The van der Waals surface area contributed by atoms with Gasteiger partial charge in [0.05, 0.1) is 10.9 Å². The van der Waals surface area contributed by atoms with Crippen LogP contribution in [0, 0.1) is 6.92 Å². The highest BCUT2D eigenvalue weighted by Crippen LogP contribution is 2.19. The summed E-state index contributed by atoms with van der Waals surface area (Å²) in [5.74, 6) is 0. The summed E-state index contributed by atoms with van der Waals surface area (Å²) in [6, 6.07) is 15.9. The average Bonchev–Trinajstić information content (AvgIpc) is 2.69. The van der Waals surface area contributed by atoms with Crippen LogP contribution in [0.5, 0.6) is 0 Å². The molecule has 2 rings (SSSR count). The normalized spacial score (nSPS) is 13.4. The summed E-state index contributed by atoms with van der Waals surface area (Å²) in [4.78, 5) is 12.5. The minimum Gasteiger partial charge on any atom is -0.443 e. The molecular formula is C24H32N2O4S.